The van der Waals surface area contributed by atoms with Crippen molar-refractivity contribution in [3.8, 4) is 28.7 Å². The van der Waals surface area contributed by atoms with Gasteiger partial charge in [0.15, 0.2) is 11.5 Å². The Balaban J connectivity index is 1.53. The largest absolute Gasteiger partial charge is 0.497 e. The molecule has 0 spiro atoms. The number of hydrogen-bond donors (Lipinski definition) is 0. The predicted octanol–water partition coefficient (Wildman–Crippen LogP) is 3.11. The molecule has 3 aromatic rings. The van der Waals surface area contributed by atoms with Gasteiger partial charge in [-0.15, -0.1) is 10.2 Å². The second-order valence-electron chi connectivity index (χ2n) is 5.38. The number of aromatic nitrogens is 2. The maximum atomic E-state index is 5.77. The van der Waals surface area contributed by atoms with E-state index in [1.807, 2.05) is 42.5 Å². The summed E-state index contributed by atoms with van der Waals surface area (Å²) in [5.41, 5.74) is 1.89. The van der Waals surface area contributed by atoms with Gasteiger partial charge in [-0.05, 0) is 35.9 Å². The molecule has 0 saturated carbocycles. The zero-order chi connectivity index (χ0) is 16.4. The van der Waals surface area contributed by atoms with Crippen molar-refractivity contribution in [2.45, 2.75) is 6.42 Å². The minimum atomic E-state index is 0.468. The van der Waals surface area contributed by atoms with Gasteiger partial charge in [0.25, 0.3) is 0 Å². The van der Waals surface area contributed by atoms with Gasteiger partial charge in [-0.1, -0.05) is 12.1 Å². The molecule has 24 heavy (non-hydrogen) atoms. The van der Waals surface area contributed by atoms with Crippen LogP contribution < -0.4 is 14.2 Å². The molecule has 1 aliphatic heterocycles. The van der Waals surface area contributed by atoms with Crippen LogP contribution in [-0.4, -0.2) is 30.5 Å². The fourth-order valence-corrected chi connectivity index (χ4v) is 2.54. The number of hydrogen-bond acceptors (Lipinski definition) is 6. The molecule has 2 aromatic carbocycles. The zero-order valence-electron chi connectivity index (χ0n) is 13.2. The summed E-state index contributed by atoms with van der Waals surface area (Å²) in [7, 11) is 1.65. The Morgan fingerprint density at radius 3 is 2.54 bits per heavy atom. The van der Waals surface area contributed by atoms with Gasteiger partial charge in [-0.3, -0.25) is 0 Å². The number of nitrogens with zero attached hydrogens (tertiary/aromatic N) is 2. The van der Waals surface area contributed by atoms with Gasteiger partial charge in [0, 0.05) is 5.56 Å². The highest BCUT2D eigenvalue weighted by Gasteiger charge is 2.15. The first-order valence-electron chi connectivity index (χ1n) is 7.67. The fourth-order valence-electron chi connectivity index (χ4n) is 2.54. The number of methoxy groups -OCH3 is 1. The van der Waals surface area contributed by atoms with Gasteiger partial charge in [-0.2, -0.15) is 0 Å². The van der Waals surface area contributed by atoms with Crippen molar-refractivity contribution >= 4 is 0 Å². The topological polar surface area (TPSA) is 66.6 Å². The van der Waals surface area contributed by atoms with Gasteiger partial charge in [0.1, 0.15) is 19.0 Å². The van der Waals surface area contributed by atoms with E-state index in [1.165, 1.54) is 0 Å². The maximum Gasteiger partial charge on any atom is 0.247 e. The van der Waals surface area contributed by atoms with Crippen molar-refractivity contribution in [2.75, 3.05) is 20.3 Å². The summed E-state index contributed by atoms with van der Waals surface area (Å²) in [5.74, 6) is 3.29. The van der Waals surface area contributed by atoms with Crippen LogP contribution in [0.25, 0.3) is 11.5 Å². The van der Waals surface area contributed by atoms with Gasteiger partial charge in [-0.25, -0.2) is 0 Å². The Bertz CT molecular complexity index is 842. The zero-order valence-corrected chi connectivity index (χ0v) is 13.2. The molecule has 0 saturated heterocycles. The molecule has 6 nitrogen and oxygen atoms in total. The average molecular weight is 324 g/mol. The number of ether oxygens (including phenoxy) is 3. The molecule has 1 aliphatic rings. The number of rotatable bonds is 4. The van der Waals surface area contributed by atoms with E-state index in [-0.39, 0.29) is 0 Å². The molecule has 0 atom stereocenters. The molecule has 0 amide bonds. The first-order valence-corrected chi connectivity index (χ1v) is 7.67. The average Bonchev–Trinajstić information content (AvgIpc) is 3.10. The number of fused-ring (bicyclic) bond motifs is 1. The van der Waals surface area contributed by atoms with Crippen LogP contribution in [-0.2, 0) is 6.42 Å². The lowest BCUT2D eigenvalue weighted by Crippen LogP contribution is -2.15. The Morgan fingerprint density at radius 2 is 1.75 bits per heavy atom. The highest BCUT2D eigenvalue weighted by Crippen LogP contribution is 2.34. The summed E-state index contributed by atoms with van der Waals surface area (Å²) in [5, 5.41) is 8.25. The molecule has 6 heteroatoms. The lowest BCUT2D eigenvalue weighted by Gasteiger charge is -2.18. The van der Waals surface area contributed by atoms with E-state index in [4.69, 9.17) is 18.6 Å². The Hall–Kier alpha value is -3.02. The van der Waals surface area contributed by atoms with E-state index in [1.54, 1.807) is 7.11 Å². The van der Waals surface area contributed by atoms with Crippen molar-refractivity contribution in [3.63, 3.8) is 0 Å². The van der Waals surface area contributed by atoms with E-state index in [0.717, 1.165) is 22.6 Å². The lowest BCUT2D eigenvalue weighted by atomic mass is 10.1. The van der Waals surface area contributed by atoms with Crippen molar-refractivity contribution in [2.24, 2.45) is 0 Å². The van der Waals surface area contributed by atoms with E-state index in [2.05, 4.69) is 10.2 Å². The summed E-state index contributed by atoms with van der Waals surface area (Å²) < 4.78 is 22.0. The second kappa shape index (κ2) is 6.23. The molecule has 0 N–H and O–H groups in total. The number of benzene rings is 2. The Labute approximate surface area is 139 Å². The summed E-state index contributed by atoms with van der Waals surface area (Å²) in [6.45, 7) is 1.11. The highest BCUT2D eigenvalue weighted by atomic mass is 16.6. The van der Waals surface area contributed by atoms with Gasteiger partial charge >= 0.3 is 0 Å². The molecule has 122 valence electrons. The summed E-state index contributed by atoms with van der Waals surface area (Å²) in [6.07, 6.45) is 0.571. The minimum absolute atomic E-state index is 0.468. The molecule has 0 radical (unpaired) electrons. The fraction of sp³-hybridized carbons (Fsp3) is 0.222. The normalized spacial score (nSPS) is 12.9. The third kappa shape index (κ3) is 2.90. The quantitative estimate of drug-likeness (QED) is 0.734. The first kappa shape index (κ1) is 14.6. The van der Waals surface area contributed by atoms with E-state index in [0.29, 0.717) is 37.2 Å². The van der Waals surface area contributed by atoms with Crippen LogP contribution >= 0.6 is 0 Å². The van der Waals surface area contributed by atoms with Crippen molar-refractivity contribution in [3.05, 3.63) is 53.9 Å². The molecule has 1 aromatic heterocycles. The van der Waals surface area contributed by atoms with Crippen LogP contribution in [0.1, 0.15) is 11.5 Å². The molecule has 4 rings (SSSR count). The monoisotopic (exact) mass is 324 g/mol. The van der Waals surface area contributed by atoms with E-state index >= 15 is 0 Å². The van der Waals surface area contributed by atoms with Crippen LogP contribution in [0.4, 0.5) is 0 Å². The molecule has 0 bridgehead atoms. The van der Waals surface area contributed by atoms with Crippen molar-refractivity contribution in [1.29, 1.82) is 0 Å². The van der Waals surface area contributed by atoms with E-state index in [9.17, 15) is 0 Å². The van der Waals surface area contributed by atoms with E-state index < -0.39 is 0 Å². The van der Waals surface area contributed by atoms with Crippen LogP contribution in [0.2, 0.25) is 0 Å². The maximum absolute atomic E-state index is 5.77. The van der Waals surface area contributed by atoms with Gasteiger partial charge in [0.05, 0.1) is 13.5 Å². The third-order valence-corrected chi connectivity index (χ3v) is 3.77. The summed E-state index contributed by atoms with van der Waals surface area (Å²) in [4.78, 5) is 0. The van der Waals surface area contributed by atoms with Crippen molar-refractivity contribution in [1.82, 2.24) is 10.2 Å². The van der Waals surface area contributed by atoms with Crippen LogP contribution in [0, 0.1) is 0 Å². The SMILES string of the molecule is COc1ccc(Cc2nnc(-c3ccc4c(c3)OCCO4)o2)cc1. The summed E-state index contributed by atoms with van der Waals surface area (Å²) >= 11 is 0. The Kier molecular flexibility index (Phi) is 3.78. The molecule has 0 unspecified atom stereocenters. The van der Waals surface area contributed by atoms with Gasteiger partial charge < -0.3 is 18.6 Å². The molecular formula is C18H16N2O4. The summed E-state index contributed by atoms with van der Waals surface area (Å²) in [6, 6.07) is 13.4. The Morgan fingerprint density at radius 1 is 0.958 bits per heavy atom. The van der Waals surface area contributed by atoms with Crippen molar-refractivity contribution < 1.29 is 18.6 Å². The van der Waals surface area contributed by atoms with Crippen LogP contribution in [0.5, 0.6) is 17.2 Å². The first-order chi connectivity index (χ1) is 11.8. The molecule has 0 fully saturated rings. The minimum Gasteiger partial charge on any atom is -0.497 e. The lowest BCUT2D eigenvalue weighted by molar-refractivity contribution is 0.171. The standard InChI is InChI=1S/C18H16N2O4/c1-21-14-5-2-12(3-6-14)10-17-19-20-18(24-17)13-4-7-15-16(11-13)23-9-8-22-15/h2-7,11H,8-10H2,1H3. The van der Waals surface area contributed by atoms with Gasteiger partial charge in [0.2, 0.25) is 11.8 Å². The molecule has 0 aliphatic carbocycles. The molecular weight excluding hydrogens is 308 g/mol. The third-order valence-electron chi connectivity index (χ3n) is 3.77. The smallest absolute Gasteiger partial charge is 0.247 e. The van der Waals surface area contributed by atoms with Crippen LogP contribution in [0.3, 0.4) is 0 Å². The predicted molar refractivity (Wildman–Crippen MR) is 86.5 cm³/mol. The second-order valence-corrected chi connectivity index (χ2v) is 5.38. The molecule has 2 heterocycles. The van der Waals surface area contributed by atoms with Crippen LogP contribution in [0.15, 0.2) is 46.9 Å². The highest BCUT2D eigenvalue weighted by molar-refractivity contribution is 5.59.